The number of nitrogens with zero attached hydrogens (tertiary/aromatic N) is 4. The Labute approximate surface area is 385 Å². The number of phenolic OH excluding ortho intramolecular Hbond substituents is 1. The fourth-order valence-corrected chi connectivity index (χ4v) is 8.78. The molecular formula is C52H55N5O9. The van der Waals surface area contributed by atoms with Crippen molar-refractivity contribution in [2.75, 3.05) is 62.7 Å². The number of hydrogen-bond acceptors (Lipinski definition) is 13. The highest BCUT2D eigenvalue weighted by atomic mass is 16.5. The Morgan fingerprint density at radius 1 is 0.697 bits per heavy atom. The predicted octanol–water partition coefficient (Wildman–Crippen LogP) is 8.72. The number of nitrogens with one attached hydrogen (secondary N) is 1. The Bertz CT molecular complexity index is 2710. The maximum Gasteiger partial charge on any atom is 0.271 e. The topological polar surface area (TPSA) is 146 Å². The number of methoxy groups -OCH3 is 5. The minimum atomic E-state index is -0.325. The van der Waals surface area contributed by atoms with Gasteiger partial charge >= 0.3 is 0 Å². The third kappa shape index (κ3) is 9.70. The van der Waals surface area contributed by atoms with Crippen molar-refractivity contribution < 1.29 is 43.1 Å². The molecule has 66 heavy (non-hydrogen) atoms. The molecule has 6 bridgehead atoms. The number of carbonyl (C=O) groups excluding carboxylic acids is 1. The van der Waals surface area contributed by atoms with Crippen LogP contribution in [0.25, 0.3) is 0 Å². The smallest absolute Gasteiger partial charge is 0.271 e. The summed E-state index contributed by atoms with van der Waals surface area (Å²) in [6, 6.07) is 29.1. The van der Waals surface area contributed by atoms with E-state index in [9.17, 15) is 9.90 Å². The van der Waals surface area contributed by atoms with Crippen LogP contribution >= 0.6 is 0 Å². The van der Waals surface area contributed by atoms with Gasteiger partial charge in [0, 0.05) is 48.7 Å². The van der Waals surface area contributed by atoms with E-state index in [-0.39, 0.29) is 23.7 Å². The lowest BCUT2D eigenvalue weighted by atomic mass is 9.87. The number of benzene rings is 5. The van der Waals surface area contributed by atoms with Gasteiger partial charge in [-0.2, -0.15) is 5.10 Å². The maximum atomic E-state index is 11.7. The molecule has 6 aromatic rings. The fraction of sp³-hybridized carbons (Fsp3) is 0.288. The Morgan fingerprint density at radius 3 is 2.06 bits per heavy atom. The molecule has 5 heterocycles. The molecule has 5 aromatic carbocycles. The summed E-state index contributed by atoms with van der Waals surface area (Å²) in [5, 5.41) is 13.3. The number of amides is 1. The summed E-state index contributed by atoms with van der Waals surface area (Å²) < 4.78 is 42.1. The van der Waals surface area contributed by atoms with Crippen LogP contribution in [0, 0.1) is 0 Å². The first-order chi connectivity index (χ1) is 32.1. The van der Waals surface area contributed by atoms with E-state index in [1.165, 1.54) is 54.0 Å². The van der Waals surface area contributed by atoms with Gasteiger partial charge in [0.1, 0.15) is 5.75 Å². The first-order valence-electron chi connectivity index (χ1n) is 21.7. The first kappa shape index (κ1) is 45.3. The molecule has 0 fully saturated rings. The summed E-state index contributed by atoms with van der Waals surface area (Å²) in [6.45, 7) is 1.86. The summed E-state index contributed by atoms with van der Waals surface area (Å²) in [7, 11) is 12.6. The second-order valence-electron chi connectivity index (χ2n) is 16.3. The molecule has 1 aromatic heterocycles. The third-order valence-corrected chi connectivity index (χ3v) is 12.4. The number of carbonyl (C=O) groups is 1. The molecule has 10 rings (SSSR count). The lowest BCUT2D eigenvalue weighted by Gasteiger charge is -2.37. The van der Waals surface area contributed by atoms with E-state index in [4.69, 9.17) is 33.2 Å². The zero-order valence-electron chi connectivity index (χ0n) is 38.3. The highest BCUT2D eigenvalue weighted by Gasteiger charge is 2.35. The van der Waals surface area contributed by atoms with E-state index in [0.717, 1.165) is 55.6 Å². The maximum absolute atomic E-state index is 11.7. The number of aromatic nitrogens is 1. The lowest BCUT2D eigenvalue weighted by Crippen LogP contribution is -2.34. The molecule has 4 aliphatic rings. The highest BCUT2D eigenvalue weighted by molar-refractivity contribution is 5.94. The molecular weight excluding hydrogens is 839 g/mol. The van der Waals surface area contributed by atoms with Gasteiger partial charge in [-0.3, -0.25) is 19.6 Å². The van der Waals surface area contributed by atoms with E-state index in [0.29, 0.717) is 57.1 Å². The molecule has 4 aliphatic heterocycles. The largest absolute Gasteiger partial charge is 0.504 e. The number of hydrogen-bond donors (Lipinski definition) is 2. The van der Waals surface area contributed by atoms with Gasteiger partial charge in [0.2, 0.25) is 5.75 Å². The average Bonchev–Trinajstić information content (AvgIpc) is 3.34. The normalized spacial score (nSPS) is 16.5. The summed E-state index contributed by atoms with van der Waals surface area (Å²) in [5.74, 6) is 5.47. The summed E-state index contributed by atoms with van der Waals surface area (Å²) in [4.78, 5) is 20.3. The van der Waals surface area contributed by atoms with Crippen molar-refractivity contribution in [1.82, 2.24) is 20.2 Å². The summed E-state index contributed by atoms with van der Waals surface area (Å²) in [6.07, 6.45) is 7.89. The van der Waals surface area contributed by atoms with Crippen molar-refractivity contribution >= 4 is 12.1 Å². The molecule has 14 nitrogen and oxygen atoms in total. The van der Waals surface area contributed by atoms with Crippen molar-refractivity contribution in [2.24, 2.45) is 5.10 Å². The van der Waals surface area contributed by atoms with Gasteiger partial charge in [-0.05, 0) is 146 Å². The zero-order chi connectivity index (χ0) is 46.3. The van der Waals surface area contributed by atoms with Crippen LogP contribution in [0.3, 0.4) is 0 Å². The van der Waals surface area contributed by atoms with Gasteiger partial charge in [-0.1, -0.05) is 18.2 Å². The van der Waals surface area contributed by atoms with Gasteiger partial charge in [0.25, 0.3) is 5.91 Å². The Kier molecular flexibility index (Phi) is 13.9. The number of pyridine rings is 1. The molecule has 0 saturated carbocycles. The van der Waals surface area contributed by atoms with E-state index in [2.05, 4.69) is 81.9 Å². The second-order valence-corrected chi connectivity index (χ2v) is 16.3. The number of phenols is 1. The van der Waals surface area contributed by atoms with Gasteiger partial charge < -0.3 is 38.3 Å². The minimum absolute atomic E-state index is 0.000437. The van der Waals surface area contributed by atoms with Crippen LogP contribution in [0.4, 0.5) is 0 Å². The summed E-state index contributed by atoms with van der Waals surface area (Å²) in [5.41, 5.74) is 10.7. The molecule has 2 N–H and O–H groups in total. The molecule has 0 radical (unpaired) electrons. The fourth-order valence-electron chi connectivity index (χ4n) is 8.78. The first-order valence-corrected chi connectivity index (χ1v) is 21.7. The molecule has 0 saturated heterocycles. The van der Waals surface area contributed by atoms with Crippen LogP contribution in [0.2, 0.25) is 0 Å². The second kappa shape index (κ2) is 20.3. The Balaban J connectivity index is 0.000000248. The van der Waals surface area contributed by atoms with Crippen LogP contribution in [0.1, 0.15) is 61.4 Å². The molecule has 0 unspecified atom stereocenters. The minimum Gasteiger partial charge on any atom is -0.504 e. The van der Waals surface area contributed by atoms with Crippen LogP contribution in [0.5, 0.6) is 57.5 Å². The van der Waals surface area contributed by atoms with E-state index >= 15 is 0 Å². The number of rotatable bonds is 8. The monoisotopic (exact) mass is 893 g/mol. The quantitative estimate of drug-likeness (QED) is 0.111. The van der Waals surface area contributed by atoms with Crippen molar-refractivity contribution in [3.63, 3.8) is 0 Å². The number of hydrazone groups is 1. The number of aromatic hydroxyl groups is 1. The van der Waals surface area contributed by atoms with Gasteiger partial charge in [-0.15, -0.1) is 0 Å². The van der Waals surface area contributed by atoms with Crippen molar-refractivity contribution in [3.8, 4) is 57.5 Å². The molecule has 0 spiro atoms. The van der Waals surface area contributed by atoms with Gasteiger partial charge in [-0.25, -0.2) is 5.43 Å². The van der Waals surface area contributed by atoms with E-state index in [1.54, 1.807) is 52.7 Å². The van der Waals surface area contributed by atoms with Crippen LogP contribution < -0.4 is 38.6 Å². The van der Waals surface area contributed by atoms with Crippen LogP contribution in [0.15, 0.2) is 108 Å². The highest BCUT2D eigenvalue weighted by Crippen LogP contribution is 2.52. The molecule has 0 aliphatic carbocycles. The predicted molar refractivity (Wildman–Crippen MR) is 252 cm³/mol. The number of likely N-dealkylation sites (N-methyl/N-ethyl adjacent to an activating group) is 2. The SMILES string of the molecule is COc1cc(/C=N/NC(=O)c2ccncc2)ccc1O.COc1ccc2cc1Oc1ccc(cc1)C[C@H]1c3cc(c(OC)cc3CCN1C)Oc1c(OC)c(OC)cc3c1[C@H](C2)N(C)CC3. The molecule has 2 atom stereocenters. The Morgan fingerprint density at radius 2 is 1.35 bits per heavy atom. The van der Waals surface area contributed by atoms with E-state index < -0.39 is 0 Å². The van der Waals surface area contributed by atoms with Gasteiger partial charge in [0.15, 0.2) is 46.0 Å². The van der Waals surface area contributed by atoms with Crippen molar-refractivity contribution in [3.05, 3.63) is 148 Å². The average molecular weight is 894 g/mol. The van der Waals surface area contributed by atoms with Gasteiger partial charge in [0.05, 0.1) is 41.8 Å². The van der Waals surface area contributed by atoms with Crippen LogP contribution in [-0.4, -0.2) is 94.7 Å². The van der Waals surface area contributed by atoms with Crippen molar-refractivity contribution in [2.45, 2.75) is 37.8 Å². The number of ether oxygens (including phenoxy) is 7. The summed E-state index contributed by atoms with van der Waals surface area (Å²) >= 11 is 0. The standard InChI is InChI=1S/C38H42N2O6.C14H13N3O3/c1-39-15-13-25-20-32(42-4)34-22-28(25)29(39)17-23-7-10-27(11-8-23)45-33-19-24(9-12-31(33)41-3)18-30-36-26(14-16-40(30)2)21-35(43-5)37(44-6)38(36)46-34;1-20-13-8-10(2-3-12(13)18)9-16-17-14(19)11-4-6-15-7-5-11/h7-12,19-22,29-30H,13-18H2,1-6H3;2-9,18H,1H3,(H,17,19)/b;16-9+/t29-,30-;/m0./s1. The molecule has 1 amide bonds. The third-order valence-electron chi connectivity index (χ3n) is 12.4. The zero-order valence-corrected chi connectivity index (χ0v) is 38.3. The Hall–Kier alpha value is -7.29. The lowest BCUT2D eigenvalue weighted by molar-refractivity contribution is 0.0955. The van der Waals surface area contributed by atoms with Crippen LogP contribution in [-0.2, 0) is 25.7 Å². The molecule has 342 valence electrons. The van der Waals surface area contributed by atoms with E-state index in [1.807, 2.05) is 18.2 Å². The number of fused-ring (bicyclic) bond motifs is 2. The van der Waals surface area contributed by atoms with Crippen molar-refractivity contribution in [1.29, 1.82) is 0 Å². The molecule has 14 heteroatoms.